The summed E-state index contributed by atoms with van der Waals surface area (Å²) in [5.41, 5.74) is 2.63. The van der Waals surface area contributed by atoms with E-state index in [-0.39, 0.29) is 17.4 Å². The van der Waals surface area contributed by atoms with E-state index in [0.717, 1.165) is 12.2 Å². The number of rotatable bonds is 3. The van der Waals surface area contributed by atoms with Gasteiger partial charge in [-0.1, -0.05) is 0 Å². The molecule has 1 unspecified atom stereocenters. The minimum atomic E-state index is -0.437. The molecule has 2 aromatic heterocycles. The second-order valence-electron chi connectivity index (χ2n) is 7.87. The van der Waals surface area contributed by atoms with Crippen LogP contribution in [0.2, 0.25) is 0 Å². The molecule has 5 rings (SSSR count). The molecule has 3 aromatic rings. The van der Waals surface area contributed by atoms with E-state index in [1.807, 2.05) is 17.0 Å². The number of amides is 1. The maximum Gasteiger partial charge on any atom is 0.257 e. The van der Waals surface area contributed by atoms with Crippen molar-refractivity contribution in [1.82, 2.24) is 9.88 Å². The van der Waals surface area contributed by atoms with Crippen LogP contribution in [0.15, 0.2) is 40.9 Å². The normalized spacial score (nSPS) is 19.0. The van der Waals surface area contributed by atoms with Crippen molar-refractivity contribution in [3.05, 3.63) is 59.2 Å². The first-order chi connectivity index (χ1) is 15.1. The van der Waals surface area contributed by atoms with E-state index in [2.05, 4.69) is 4.98 Å². The molecule has 1 aromatic carbocycles. The summed E-state index contributed by atoms with van der Waals surface area (Å²) in [6.07, 6.45) is 2.53. The molecule has 0 radical (unpaired) electrons. The number of fused-ring (bicyclic) bond motifs is 1. The molecule has 31 heavy (non-hydrogen) atoms. The molecule has 2 aliphatic rings. The lowest BCUT2D eigenvalue weighted by atomic mass is 10.1. The summed E-state index contributed by atoms with van der Waals surface area (Å²) in [6, 6.07) is 9.88. The number of benzene rings is 1. The number of hydrogen-bond donors (Lipinski definition) is 0. The first-order valence-electron chi connectivity index (χ1n) is 10.3. The van der Waals surface area contributed by atoms with E-state index in [4.69, 9.17) is 14.4 Å². The zero-order valence-corrected chi connectivity index (χ0v) is 16.9. The first-order valence-corrected chi connectivity index (χ1v) is 10.3. The molecule has 2 aliphatic heterocycles. The predicted molar refractivity (Wildman–Crippen MR) is 111 cm³/mol. The van der Waals surface area contributed by atoms with Crippen LogP contribution in [-0.2, 0) is 4.74 Å². The largest absolute Gasteiger partial charge is 0.458 e. The SMILES string of the molecule is N#Cc1cc(F)cc(N2CCN(C(=O)c3ccnc4cc(C5CCOC5)oc34)CC2)c1. The van der Waals surface area contributed by atoms with Gasteiger partial charge in [0.15, 0.2) is 5.58 Å². The van der Waals surface area contributed by atoms with Gasteiger partial charge in [-0.15, -0.1) is 0 Å². The van der Waals surface area contributed by atoms with Gasteiger partial charge in [-0.3, -0.25) is 9.78 Å². The van der Waals surface area contributed by atoms with Crippen LogP contribution in [-0.4, -0.2) is 55.2 Å². The van der Waals surface area contributed by atoms with E-state index < -0.39 is 5.82 Å². The lowest BCUT2D eigenvalue weighted by Crippen LogP contribution is -2.48. The number of halogens is 1. The molecule has 0 saturated carbocycles. The zero-order valence-electron chi connectivity index (χ0n) is 16.9. The number of ether oxygens (including phenoxy) is 1. The number of aromatic nitrogens is 1. The molecule has 7 nitrogen and oxygen atoms in total. The Morgan fingerprint density at radius 1 is 1.19 bits per heavy atom. The molecule has 0 N–H and O–H groups in total. The molecule has 2 fully saturated rings. The smallest absolute Gasteiger partial charge is 0.257 e. The van der Waals surface area contributed by atoms with Crippen molar-refractivity contribution in [2.75, 3.05) is 44.3 Å². The number of hydrogen-bond acceptors (Lipinski definition) is 6. The van der Waals surface area contributed by atoms with Crippen molar-refractivity contribution in [2.24, 2.45) is 0 Å². The summed E-state index contributed by atoms with van der Waals surface area (Å²) < 4.78 is 25.3. The van der Waals surface area contributed by atoms with Crippen LogP contribution >= 0.6 is 0 Å². The Bertz CT molecular complexity index is 1170. The standard InChI is InChI=1S/C23H21FN4O3/c24-17-9-15(13-25)10-18(11-17)27-4-6-28(7-5-27)23(29)19-1-3-26-20-12-21(31-22(19)20)16-2-8-30-14-16/h1,3,9-12,16H,2,4-8,14H2. The van der Waals surface area contributed by atoms with Crippen molar-refractivity contribution in [3.63, 3.8) is 0 Å². The van der Waals surface area contributed by atoms with E-state index >= 15 is 0 Å². The fourth-order valence-corrected chi connectivity index (χ4v) is 4.24. The lowest BCUT2D eigenvalue weighted by Gasteiger charge is -2.36. The molecule has 1 amide bonds. The van der Waals surface area contributed by atoms with E-state index in [1.165, 1.54) is 12.1 Å². The minimum Gasteiger partial charge on any atom is -0.458 e. The van der Waals surface area contributed by atoms with Crippen molar-refractivity contribution in [2.45, 2.75) is 12.3 Å². The third-order valence-electron chi connectivity index (χ3n) is 5.94. The Morgan fingerprint density at radius 2 is 2.03 bits per heavy atom. The van der Waals surface area contributed by atoms with E-state index in [9.17, 15) is 9.18 Å². The lowest BCUT2D eigenvalue weighted by molar-refractivity contribution is 0.0747. The van der Waals surface area contributed by atoms with Crippen LogP contribution in [0, 0.1) is 17.1 Å². The van der Waals surface area contributed by atoms with Gasteiger partial charge in [0.1, 0.15) is 17.1 Å². The quantitative estimate of drug-likeness (QED) is 0.647. The van der Waals surface area contributed by atoms with Crippen molar-refractivity contribution < 1.29 is 18.3 Å². The van der Waals surface area contributed by atoms with Gasteiger partial charge in [-0.05, 0) is 30.7 Å². The fraction of sp³-hybridized carbons (Fsp3) is 0.348. The number of pyridine rings is 1. The highest BCUT2D eigenvalue weighted by Gasteiger charge is 2.27. The number of piperazine rings is 1. The second kappa shape index (κ2) is 8.00. The van der Waals surface area contributed by atoms with Crippen LogP contribution in [0.4, 0.5) is 10.1 Å². The summed E-state index contributed by atoms with van der Waals surface area (Å²) >= 11 is 0. The molecule has 8 heteroatoms. The number of nitrogens with zero attached hydrogens (tertiary/aromatic N) is 4. The van der Waals surface area contributed by atoms with Crippen molar-refractivity contribution in [3.8, 4) is 6.07 Å². The van der Waals surface area contributed by atoms with Gasteiger partial charge in [0.25, 0.3) is 5.91 Å². The average molecular weight is 420 g/mol. The molecule has 0 spiro atoms. The summed E-state index contributed by atoms with van der Waals surface area (Å²) in [6.45, 7) is 3.43. The van der Waals surface area contributed by atoms with Crippen molar-refractivity contribution >= 4 is 22.7 Å². The number of carbonyl (C=O) groups is 1. The summed E-state index contributed by atoms with van der Waals surface area (Å²) in [5.74, 6) is 0.468. The number of furan rings is 1. The Labute approximate surface area is 178 Å². The molecule has 0 bridgehead atoms. The summed E-state index contributed by atoms with van der Waals surface area (Å²) in [7, 11) is 0. The van der Waals surface area contributed by atoms with Crippen LogP contribution < -0.4 is 4.90 Å². The number of carbonyl (C=O) groups excluding carboxylic acids is 1. The molecular weight excluding hydrogens is 399 g/mol. The maximum absolute atomic E-state index is 13.8. The van der Waals surface area contributed by atoms with E-state index in [0.29, 0.717) is 61.7 Å². The molecule has 4 heterocycles. The number of anilines is 1. The fourth-order valence-electron chi connectivity index (χ4n) is 4.24. The minimum absolute atomic E-state index is 0.104. The van der Waals surface area contributed by atoms with Gasteiger partial charge < -0.3 is 19.0 Å². The Kier molecular flexibility index (Phi) is 5.04. The molecule has 0 aliphatic carbocycles. The van der Waals surface area contributed by atoms with Gasteiger partial charge in [0, 0.05) is 56.7 Å². The molecular formula is C23H21FN4O3. The Hall–Kier alpha value is -3.44. The molecule has 2 saturated heterocycles. The Balaban J connectivity index is 1.33. The molecule has 158 valence electrons. The predicted octanol–water partition coefficient (Wildman–Crippen LogP) is 3.30. The maximum atomic E-state index is 13.8. The van der Waals surface area contributed by atoms with E-state index in [1.54, 1.807) is 23.2 Å². The topological polar surface area (TPSA) is 82.6 Å². The highest BCUT2D eigenvalue weighted by atomic mass is 19.1. The third kappa shape index (κ3) is 3.73. The van der Waals surface area contributed by atoms with Crippen LogP contribution in [0.1, 0.15) is 34.0 Å². The summed E-state index contributed by atoms with van der Waals surface area (Å²) in [4.78, 5) is 21.4. The summed E-state index contributed by atoms with van der Waals surface area (Å²) in [5, 5.41) is 9.07. The third-order valence-corrected chi connectivity index (χ3v) is 5.94. The van der Waals surface area contributed by atoms with Gasteiger partial charge in [0.2, 0.25) is 0 Å². The Morgan fingerprint density at radius 3 is 2.77 bits per heavy atom. The van der Waals surface area contributed by atoms with Crippen molar-refractivity contribution in [1.29, 1.82) is 5.26 Å². The zero-order chi connectivity index (χ0) is 21.4. The second-order valence-corrected chi connectivity index (χ2v) is 7.87. The number of nitriles is 1. The van der Waals surface area contributed by atoms with Gasteiger partial charge in [0.05, 0.1) is 23.8 Å². The van der Waals surface area contributed by atoms with Gasteiger partial charge >= 0.3 is 0 Å². The van der Waals surface area contributed by atoms with Gasteiger partial charge in [-0.25, -0.2) is 4.39 Å². The monoisotopic (exact) mass is 420 g/mol. The van der Waals surface area contributed by atoms with Gasteiger partial charge in [-0.2, -0.15) is 5.26 Å². The first kappa shape index (κ1) is 19.5. The van der Waals surface area contributed by atoms with Crippen LogP contribution in [0.5, 0.6) is 0 Å². The van der Waals surface area contributed by atoms with Crippen LogP contribution in [0.25, 0.3) is 11.1 Å². The van der Waals surface area contributed by atoms with Crippen LogP contribution in [0.3, 0.4) is 0 Å². The average Bonchev–Trinajstić information content (AvgIpc) is 3.47. The highest BCUT2D eigenvalue weighted by molar-refractivity contribution is 6.04. The molecule has 1 atom stereocenters. The highest BCUT2D eigenvalue weighted by Crippen LogP contribution is 2.31.